The number of hydrogen-bond donors (Lipinski definition) is 1. The topological polar surface area (TPSA) is 12.0 Å². The molecule has 2 unspecified atom stereocenters. The average molecular weight is 205 g/mol. The maximum Gasteiger partial charge on any atom is 0.0461 e. The largest absolute Gasteiger partial charge is 0.310 e. The van der Waals surface area contributed by atoms with Crippen molar-refractivity contribution in [3.63, 3.8) is 0 Å². The van der Waals surface area contributed by atoms with Crippen molar-refractivity contribution in [1.82, 2.24) is 5.32 Å². The lowest BCUT2D eigenvalue weighted by Gasteiger charge is -2.52. The van der Waals surface area contributed by atoms with Gasteiger partial charge in [0.1, 0.15) is 0 Å². The minimum atomic E-state index is 0.0859. The van der Waals surface area contributed by atoms with Gasteiger partial charge in [-0.3, -0.25) is 0 Å². The Hall–Kier alpha value is -0.820. The fourth-order valence-electron chi connectivity index (χ4n) is 2.52. The van der Waals surface area contributed by atoms with Gasteiger partial charge in [0.15, 0.2) is 0 Å². The van der Waals surface area contributed by atoms with E-state index >= 15 is 0 Å². The highest BCUT2D eigenvalue weighted by atomic mass is 15.0. The average Bonchev–Trinajstić information content (AvgIpc) is 2.26. The molecule has 0 heterocycles. The molecular weight excluding hydrogens is 182 g/mol. The molecule has 0 amide bonds. The van der Waals surface area contributed by atoms with E-state index in [1.54, 1.807) is 0 Å². The van der Waals surface area contributed by atoms with Gasteiger partial charge in [0.05, 0.1) is 0 Å². The molecule has 0 bridgehead atoms. The van der Waals surface area contributed by atoms with Gasteiger partial charge < -0.3 is 5.32 Å². The van der Waals surface area contributed by atoms with Gasteiger partial charge in [-0.2, -0.15) is 0 Å². The highest BCUT2D eigenvalue weighted by molar-refractivity contribution is 5.44. The van der Waals surface area contributed by atoms with Gasteiger partial charge in [-0.25, -0.2) is 0 Å². The van der Waals surface area contributed by atoms with Crippen LogP contribution >= 0.6 is 0 Å². The SMILES string of the molecule is C=C/C(C)=C(\CC)C1(C)C=CC1(C)NC. The van der Waals surface area contributed by atoms with Gasteiger partial charge in [-0.1, -0.05) is 49.8 Å². The second-order valence-corrected chi connectivity index (χ2v) is 4.71. The van der Waals surface area contributed by atoms with E-state index in [9.17, 15) is 0 Å². The van der Waals surface area contributed by atoms with Crippen LogP contribution in [0.5, 0.6) is 0 Å². The van der Waals surface area contributed by atoms with Crippen LogP contribution in [0.1, 0.15) is 34.1 Å². The van der Waals surface area contributed by atoms with Crippen LogP contribution in [-0.4, -0.2) is 12.6 Å². The first-order chi connectivity index (χ1) is 6.95. The van der Waals surface area contributed by atoms with E-state index < -0.39 is 0 Å². The Bertz CT molecular complexity index is 324. The number of rotatable bonds is 4. The Morgan fingerprint density at radius 3 is 2.27 bits per heavy atom. The predicted molar refractivity (Wildman–Crippen MR) is 67.9 cm³/mol. The number of likely N-dealkylation sites (N-methyl/N-ethyl adjacent to an activating group) is 1. The molecular formula is C14H23N. The Morgan fingerprint density at radius 1 is 1.40 bits per heavy atom. The first-order valence-corrected chi connectivity index (χ1v) is 5.67. The van der Waals surface area contributed by atoms with Crippen molar-refractivity contribution >= 4 is 0 Å². The van der Waals surface area contributed by atoms with Crippen molar-refractivity contribution in [1.29, 1.82) is 0 Å². The quantitative estimate of drug-likeness (QED) is 0.547. The highest BCUT2D eigenvalue weighted by Crippen LogP contribution is 2.50. The first kappa shape index (κ1) is 12.3. The molecule has 1 aliphatic carbocycles. The van der Waals surface area contributed by atoms with E-state index in [0.29, 0.717) is 0 Å². The van der Waals surface area contributed by atoms with Crippen LogP contribution in [0.15, 0.2) is 36.0 Å². The standard InChI is InChI=1S/C14H23N/c1-7-11(3)12(8-2)13(4)9-10-14(13,5)15-6/h7,9-10,15H,1,8H2,2-6H3/b12-11+. The van der Waals surface area contributed by atoms with Gasteiger partial charge in [0, 0.05) is 11.0 Å². The van der Waals surface area contributed by atoms with Gasteiger partial charge >= 0.3 is 0 Å². The van der Waals surface area contributed by atoms with Crippen molar-refractivity contribution in [3.8, 4) is 0 Å². The molecule has 0 aromatic carbocycles. The Labute approximate surface area is 94.0 Å². The van der Waals surface area contributed by atoms with Gasteiger partial charge in [-0.05, 0) is 27.3 Å². The van der Waals surface area contributed by atoms with Crippen LogP contribution in [-0.2, 0) is 0 Å². The lowest BCUT2D eigenvalue weighted by molar-refractivity contribution is 0.233. The molecule has 1 N–H and O–H groups in total. The summed E-state index contributed by atoms with van der Waals surface area (Å²) in [5.74, 6) is 0. The second-order valence-electron chi connectivity index (χ2n) is 4.71. The number of nitrogens with one attached hydrogen (secondary N) is 1. The molecule has 1 aliphatic rings. The van der Waals surface area contributed by atoms with Crippen molar-refractivity contribution in [2.24, 2.45) is 5.41 Å². The summed E-state index contributed by atoms with van der Waals surface area (Å²) in [5, 5.41) is 3.41. The van der Waals surface area contributed by atoms with E-state index in [2.05, 4.69) is 51.7 Å². The molecule has 0 aromatic heterocycles. The normalized spacial score (nSPS) is 35.8. The molecule has 15 heavy (non-hydrogen) atoms. The Morgan fingerprint density at radius 2 is 2.00 bits per heavy atom. The van der Waals surface area contributed by atoms with Crippen molar-refractivity contribution in [2.45, 2.75) is 39.7 Å². The van der Waals surface area contributed by atoms with Crippen LogP contribution in [0.25, 0.3) is 0 Å². The summed E-state index contributed by atoms with van der Waals surface area (Å²) >= 11 is 0. The zero-order valence-electron chi connectivity index (χ0n) is 10.6. The molecule has 0 saturated heterocycles. The second kappa shape index (κ2) is 3.97. The van der Waals surface area contributed by atoms with E-state index in [0.717, 1.165) is 6.42 Å². The molecule has 1 heteroatoms. The van der Waals surface area contributed by atoms with Gasteiger partial charge in [-0.15, -0.1) is 0 Å². The van der Waals surface area contributed by atoms with Crippen molar-refractivity contribution in [2.75, 3.05) is 7.05 Å². The van der Waals surface area contributed by atoms with Crippen LogP contribution in [0.2, 0.25) is 0 Å². The molecule has 0 aromatic rings. The number of hydrogen-bond acceptors (Lipinski definition) is 1. The zero-order chi connectivity index (χ0) is 11.7. The predicted octanol–water partition coefficient (Wildman–Crippen LogP) is 3.45. The molecule has 0 aliphatic heterocycles. The van der Waals surface area contributed by atoms with Crippen LogP contribution in [0, 0.1) is 5.41 Å². The van der Waals surface area contributed by atoms with Crippen molar-refractivity contribution in [3.05, 3.63) is 36.0 Å². The van der Waals surface area contributed by atoms with Crippen molar-refractivity contribution < 1.29 is 0 Å². The maximum atomic E-state index is 3.87. The summed E-state index contributed by atoms with van der Waals surface area (Å²) in [5.41, 5.74) is 3.01. The fraction of sp³-hybridized carbons (Fsp3) is 0.571. The van der Waals surface area contributed by atoms with E-state index in [4.69, 9.17) is 0 Å². The van der Waals surface area contributed by atoms with E-state index in [1.807, 2.05) is 13.1 Å². The van der Waals surface area contributed by atoms with Gasteiger partial charge in [0.2, 0.25) is 0 Å². The monoisotopic (exact) mass is 205 g/mol. The lowest BCUT2D eigenvalue weighted by Crippen LogP contribution is -2.57. The summed E-state index contributed by atoms with van der Waals surface area (Å²) in [6, 6.07) is 0. The molecule has 0 spiro atoms. The summed E-state index contributed by atoms with van der Waals surface area (Å²) in [6.45, 7) is 12.8. The minimum absolute atomic E-state index is 0.0859. The van der Waals surface area contributed by atoms with E-state index in [1.165, 1.54) is 11.1 Å². The lowest BCUT2D eigenvalue weighted by atomic mass is 9.58. The van der Waals surface area contributed by atoms with Gasteiger partial charge in [0.25, 0.3) is 0 Å². The van der Waals surface area contributed by atoms with E-state index in [-0.39, 0.29) is 11.0 Å². The summed E-state index contributed by atoms with van der Waals surface area (Å²) in [6.07, 6.45) is 7.59. The first-order valence-electron chi connectivity index (χ1n) is 5.67. The molecule has 1 nitrogen and oxygen atoms in total. The maximum absolute atomic E-state index is 3.87. The molecule has 0 saturated carbocycles. The summed E-state index contributed by atoms with van der Waals surface area (Å²) in [4.78, 5) is 0. The molecule has 2 atom stereocenters. The number of allylic oxidation sites excluding steroid dienone is 2. The molecule has 1 rings (SSSR count). The molecule has 84 valence electrons. The van der Waals surface area contributed by atoms with Crippen LogP contribution in [0.3, 0.4) is 0 Å². The summed E-state index contributed by atoms with van der Waals surface area (Å²) < 4.78 is 0. The smallest absolute Gasteiger partial charge is 0.0461 e. The molecule has 0 radical (unpaired) electrons. The third-order valence-corrected chi connectivity index (χ3v) is 4.11. The van der Waals surface area contributed by atoms with Crippen LogP contribution in [0.4, 0.5) is 0 Å². The third kappa shape index (κ3) is 1.59. The molecule has 0 fully saturated rings. The fourth-order valence-corrected chi connectivity index (χ4v) is 2.52. The van der Waals surface area contributed by atoms with Crippen LogP contribution < -0.4 is 5.32 Å². The Kier molecular flexibility index (Phi) is 3.25. The highest BCUT2D eigenvalue weighted by Gasteiger charge is 2.48. The zero-order valence-corrected chi connectivity index (χ0v) is 10.6. The third-order valence-electron chi connectivity index (χ3n) is 4.11. The minimum Gasteiger partial charge on any atom is -0.310 e. The Balaban J connectivity index is 3.18. The summed E-state index contributed by atoms with van der Waals surface area (Å²) in [7, 11) is 2.03.